The standard InChI is InChI=1S/C18H17FO4/c1-2-22-18(21)14(12-20)9-13-5-3-7-16(10-13)23-17-8-4-6-15(19)11-17/h3-8,10-12,20H,2,9H2,1H3/b14-12+. The molecule has 1 N–H and O–H groups in total. The van der Waals surface area contributed by atoms with Crippen LogP contribution in [0, 0.1) is 5.82 Å². The molecule has 0 amide bonds. The van der Waals surface area contributed by atoms with E-state index in [1.54, 1.807) is 43.3 Å². The van der Waals surface area contributed by atoms with Gasteiger partial charge >= 0.3 is 5.97 Å². The molecular formula is C18H17FO4. The summed E-state index contributed by atoms with van der Waals surface area (Å²) in [6.07, 6.45) is 0.952. The van der Waals surface area contributed by atoms with Gasteiger partial charge in [-0.3, -0.25) is 0 Å². The number of hydrogen-bond donors (Lipinski definition) is 1. The summed E-state index contributed by atoms with van der Waals surface area (Å²) in [6, 6.07) is 12.8. The van der Waals surface area contributed by atoms with Crippen LogP contribution in [-0.4, -0.2) is 17.7 Å². The molecule has 0 radical (unpaired) electrons. The second kappa shape index (κ2) is 7.98. The number of benzene rings is 2. The second-order valence-corrected chi connectivity index (χ2v) is 4.76. The van der Waals surface area contributed by atoms with Crippen molar-refractivity contribution in [2.24, 2.45) is 0 Å². The third-order valence-corrected chi connectivity index (χ3v) is 3.02. The first kappa shape index (κ1) is 16.5. The Balaban J connectivity index is 2.12. The van der Waals surface area contributed by atoms with E-state index < -0.39 is 5.97 Å². The topological polar surface area (TPSA) is 55.8 Å². The lowest BCUT2D eigenvalue weighted by molar-refractivity contribution is -0.138. The van der Waals surface area contributed by atoms with Crippen LogP contribution in [-0.2, 0) is 16.0 Å². The Kier molecular flexibility index (Phi) is 5.74. The Bertz CT molecular complexity index is 710. The number of esters is 1. The van der Waals surface area contributed by atoms with E-state index >= 15 is 0 Å². The van der Waals surface area contributed by atoms with Crippen LogP contribution in [0.5, 0.6) is 11.5 Å². The van der Waals surface area contributed by atoms with E-state index in [0.29, 0.717) is 11.5 Å². The van der Waals surface area contributed by atoms with Crippen LogP contribution in [0.4, 0.5) is 4.39 Å². The minimum Gasteiger partial charge on any atom is -0.515 e. The average molecular weight is 316 g/mol. The van der Waals surface area contributed by atoms with E-state index in [0.717, 1.165) is 11.8 Å². The number of aliphatic hydroxyl groups excluding tert-OH is 1. The van der Waals surface area contributed by atoms with Gasteiger partial charge in [-0.25, -0.2) is 9.18 Å². The van der Waals surface area contributed by atoms with E-state index in [-0.39, 0.29) is 24.4 Å². The van der Waals surface area contributed by atoms with Crippen molar-refractivity contribution in [3.05, 3.63) is 71.7 Å². The monoisotopic (exact) mass is 316 g/mol. The van der Waals surface area contributed by atoms with E-state index in [1.165, 1.54) is 12.1 Å². The van der Waals surface area contributed by atoms with Crippen LogP contribution < -0.4 is 4.74 Å². The van der Waals surface area contributed by atoms with Crippen LogP contribution >= 0.6 is 0 Å². The zero-order valence-electron chi connectivity index (χ0n) is 12.7. The number of ether oxygens (including phenoxy) is 2. The summed E-state index contributed by atoms with van der Waals surface area (Å²) >= 11 is 0. The largest absolute Gasteiger partial charge is 0.515 e. The van der Waals surface area contributed by atoms with Gasteiger partial charge in [-0.05, 0) is 36.8 Å². The Morgan fingerprint density at radius 2 is 1.87 bits per heavy atom. The average Bonchev–Trinajstić information content (AvgIpc) is 2.53. The number of halogens is 1. The summed E-state index contributed by atoms with van der Waals surface area (Å²) in [5, 5.41) is 9.18. The van der Waals surface area contributed by atoms with Crippen LogP contribution in [0.3, 0.4) is 0 Å². The molecule has 4 nitrogen and oxygen atoms in total. The van der Waals surface area contributed by atoms with Crippen LogP contribution in [0.2, 0.25) is 0 Å². The van der Waals surface area contributed by atoms with Gasteiger partial charge in [0.2, 0.25) is 0 Å². The second-order valence-electron chi connectivity index (χ2n) is 4.76. The van der Waals surface area contributed by atoms with E-state index in [4.69, 9.17) is 9.47 Å². The first-order valence-electron chi connectivity index (χ1n) is 7.15. The van der Waals surface area contributed by atoms with Crippen molar-refractivity contribution < 1.29 is 23.8 Å². The minimum absolute atomic E-state index is 0.148. The maximum Gasteiger partial charge on any atom is 0.337 e. The summed E-state index contributed by atoms with van der Waals surface area (Å²) in [7, 11) is 0. The van der Waals surface area contributed by atoms with Crippen molar-refractivity contribution in [1.82, 2.24) is 0 Å². The first-order valence-corrected chi connectivity index (χ1v) is 7.15. The van der Waals surface area contributed by atoms with Crippen molar-refractivity contribution in [2.75, 3.05) is 6.61 Å². The van der Waals surface area contributed by atoms with Crippen LogP contribution in [0.15, 0.2) is 60.4 Å². The molecule has 2 aromatic rings. The summed E-state index contributed by atoms with van der Waals surface area (Å²) in [4.78, 5) is 11.7. The highest BCUT2D eigenvalue weighted by Gasteiger charge is 2.12. The summed E-state index contributed by atoms with van der Waals surface area (Å²) in [5.74, 6) is -0.0577. The molecule has 2 aromatic carbocycles. The predicted octanol–water partition coefficient (Wildman–Crippen LogP) is 4.17. The van der Waals surface area contributed by atoms with Crippen molar-refractivity contribution in [1.29, 1.82) is 0 Å². The molecule has 120 valence electrons. The first-order chi connectivity index (χ1) is 11.1. The lowest BCUT2D eigenvalue weighted by atomic mass is 10.1. The molecule has 2 rings (SSSR count). The SMILES string of the molecule is CCOC(=O)/C(=C/O)Cc1cccc(Oc2cccc(F)c2)c1. The molecule has 0 atom stereocenters. The van der Waals surface area contributed by atoms with E-state index in [9.17, 15) is 14.3 Å². The molecular weight excluding hydrogens is 299 g/mol. The lowest BCUT2D eigenvalue weighted by Crippen LogP contribution is -2.10. The van der Waals surface area contributed by atoms with Crippen molar-refractivity contribution in [3.8, 4) is 11.5 Å². The predicted molar refractivity (Wildman–Crippen MR) is 84.0 cm³/mol. The van der Waals surface area contributed by atoms with Crippen LogP contribution in [0.25, 0.3) is 0 Å². The highest BCUT2D eigenvalue weighted by molar-refractivity contribution is 5.88. The molecule has 0 spiro atoms. The number of hydrogen-bond acceptors (Lipinski definition) is 4. The van der Waals surface area contributed by atoms with Crippen molar-refractivity contribution >= 4 is 5.97 Å². The van der Waals surface area contributed by atoms with Gasteiger partial charge < -0.3 is 14.6 Å². The van der Waals surface area contributed by atoms with Gasteiger partial charge in [-0.15, -0.1) is 0 Å². The Morgan fingerprint density at radius 3 is 2.52 bits per heavy atom. The minimum atomic E-state index is -0.563. The highest BCUT2D eigenvalue weighted by Crippen LogP contribution is 2.23. The van der Waals surface area contributed by atoms with Gasteiger partial charge in [0.25, 0.3) is 0 Å². The summed E-state index contributed by atoms with van der Waals surface area (Å²) in [5.41, 5.74) is 0.905. The number of carbonyl (C=O) groups excluding carboxylic acids is 1. The van der Waals surface area contributed by atoms with Gasteiger partial charge in [0.05, 0.1) is 18.4 Å². The van der Waals surface area contributed by atoms with Crippen LogP contribution in [0.1, 0.15) is 12.5 Å². The molecule has 0 saturated carbocycles. The highest BCUT2D eigenvalue weighted by atomic mass is 19.1. The molecule has 0 aliphatic carbocycles. The quantitative estimate of drug-likeness (QED) is 0.494. The fourth-order valence-corrected chi connectivity index (χ4v) is 2.00. The number of rotatable bonds is 6. The Hall–Kier alpha value is -2.82. The Morgan fingerprint density at radius 1 is 1.17 bits per heavy atom. The van der Waals surface area contributed by atoms with E-state index in [1.807, 2.05) is 0 Å². The molecule has 0 saturated heterocycles. The molecule has 0 aliphatic heterocycles. The smallest absolute Gasteiger partial charge is 0.337 e. The fraction of sp³-hybridized carbons (Fsp3) is 0.167. The molecule has 5 heteroatoms. The zero-order chi connectivity index (χ0) is 16.7. The van der Waals surface area contributed by atoms with Gasteiger partial charge in [0.15, 0.2) is 0 Å². The van der Waals surface area contributed by atoms with Gasteiger partial charge in [0, 0.05) is 12.5 Å². The molecule has 0 heterocycles. The fourth-order valence-electron chi connectivity index (χ4n) is 2.00. The maximum absolute atomic E-state index is 13.2. The molecule has 0 fully saturated rings. The lowest BCUT2D eigenvalue weighted by Gasteiger charge is -2.09. The molecule has 0 aliphatic rings. The number of aliphatic hydroxyl groups is 1. The normalized spacial score (nSPS) is 11.1. The van der Waals surface area contributed by atoms with Crippen molar-refractivity contribution in [3.63, 3.8) is 0 Å². The van der Waals surface area contributed by atoms with Crippen molar-refractivity contribution in [2.45, 2.75) is 13.3 Å². The van der Waals surface area contributed by atoms with Gasteiger partial charge in [-0.1, -0.05) is 18.2 Å². The zero-order valence-corrected chi connectivity index (χ0v) is 12.7. The molecule has 0 unspecified atom stereocenters. The molecule has 0 aromatic heterocycles. The summed E-state index contributed by atoms with van der Waals surface area (Å²) in [6.45, 7) is 1.93. The Labute approximate surface area is 133 Å². The van der Waals surface area contributed by atoms with E-state index in [2.05, 4.69) is 0 Å². The third-order valence-electron chi connectivity index (χ3n) is 3.02. The molecule has 0 bridgehead atoms. The van der Waals surface area contributed by atoms with Gasteiger partial charge in [0.1, 0.15) is 17.3 Å². The third kappa shape index (κ3) is 4.85. The number of carbonyl (C=O) groups is 1. The maximum atomic E-state index is 13.2. The summed E-state index contributed by atoms with van der Waals surface area (Å²) < 4.78 is 23.6. The van der Waals surface area contributed by atoms with Gasteiger partial charge in [-0.2, -0.15) is 0 Å². The molecule has 23 heavy (non-hydrogen) atoms.